The molecule has 0 bridgehead atoms. The van der Waals surface area contributed by atoms with Crippen LogP contribution in [-0.2, 0) is 18.4 Å². The molecule has 18 heteroatoms. The summed E-state index contributed by atoms with van der Waals surface area (Å²) >= 11 is 0. The minimum atomic E-state index is -1.22. The second-order valence-corrected chi connectivity index (χ2v) is 27.5. The molecular weight excluding hydrogens is 1360 g/mol. The molecule has 0 heterocycles. The molecule has 0 unspecified atom stereocenters. The highest BCUT2D eigenvalue weighted by atomic mass is 16.3. The number of nitrogens with two attached hydrogens (primary N) is 10. The Labute approximate surface area is 650 Å². The first-order chi connectivity index (χ1) is 52.1. The van der Waals surface area contributed by atoms with Crippen LogP contribution >= 0.6 is 0 Å². The summed E-state index contributed by atoms with van der Waals surface area (Å²) in [4.78, 5) is 0. The number of fused-ring (bicyclic) bond motifs is 1. The Hall–Kier alpha value is -8.52. The van der Waals surface area contributed by atoms with Gasteiger partial charge in [0.15, 0.2) is 0 Å². The molecule has 11 rings (SSSR count). The Kier molecular flexibility index (Phi) is 49.4. The van der Waals surface area contributed by atoms with Crippen LogP contribution in [0.4, 0.5) is 0 Å². The zero-order valence-corrected chi connectivity index (χ0v) is 65.3. The van der Waals surface area contributed by atoms with E-state index >= 15 is 0 Å². The van der Waals surface area contributed by atoms with Crippen LogP contribution in [0.25, 0.3) is 0 Å². The second kappa shape index (κ2) is 55.8. The fraction of sp³-hybridized carbons (Fsp3) is 0.341. The lowest BCUT2D eigenvalue weighted by Crippen LogP contribution is -2.47. The molecule has 13 atom stereocenters. The fourth-order valence-corrected chi connectivity index (χ4v) is 10.5. The quantitative estimate of drug-likeness (QED) is 0.0337. The molecule has 0 fully saturated rings. The van der Waals surface area contributed by atoms with Gasteiger partial charge in [0.05, 0.1) is 62.9 Å². The Morgan fingerprint density at radius 1 is 0.404 bits per heavy atom. The number of aryl methyl sites for hydroxylation is 1. The van der Waals surface area contributed by atoms with Gasteiger partial charge in [0, 0.05) is 48.7 Å². The molecule has 10 aromatic rings. The largest absolute Gasteiger partial charge is 0.395 e. The lowest BCUT2D eigenvalue weighted by atomic mass is 9.78. The van der Waals surface area contributed by atoms with Crippen LogP contribution in [0.15, 0.2) is 291 Å². The van der Waals surface area contributed by atoms with Gasteiger partial charge in [-0.15, -0.1) is 0 Å². The molecule has 109 heavy (non-hydrogen) atoms. The summed E-state index contributed by atoms with van der Waals surface area (Å²) in [5.74, 6) is 0.595. The topological polar surface area (TPSA) is 422 Å². The average molecular weight is 1490 g/mol. The van der Waals surface area contributed by atoms with Gasteiger partial charge in [-0.2, -0.15) is 0 Å². The van der Waals surface area contributed by atoms with E-state index in [4.69, 9.17) is 77.8 Å². The van der Waals surface area contributed by atoms with Gasteiger partial charge in [-0.3, -0.25) is 0 Å². The Morgan fingerprint density at radius 3 is 1.08 bits per heavy atom. The number of rotatable bonds is 20. The van der Waals surface area contributed by atoms with E-state index in [0.717, 1.165) is 57.3 Å². The van der Waals surface area contributed by atoms with E-state index in [9.17, 15) is 20.4 Å². The Morgan fingerprint density at radius 2 is 0.752 bits per heavy atom. The number of hydrogen-bond donors (Lipinski definition) is 18. The van der Waals surface area contributed by atoms with E-state index in [-0.39, 0.29) is 86.9 Å². The number of aliphatic hydroxyl groups is 8. The molecule has 0 aliphatic heterocycles. The second-order valence-electron chi connectivity index (χ2n) is 27.5. The van der Waals surface area contributed by atoms with Gasteiger partial charge in [0.1, 0.15) is 5.60 Å². The minimum Gasteiger partial charge on any atom is -0.395 e. The Balaban J connectivity index is 0.000000424. The van der Waals surface area contributed by atoms with Crippen LogP contribution < -0.4 is 57.3 Å². The number of aliphatic hydroxyl groups excluding tert-OH is 7. The van der Waals surface area contributed by atoms with Crippen LogP contribution in [0, 0.1) is 12.8 Å². The number of hydrogen-bond acceptors (Lipinski definition) is 18. The summed E-state index contributed by atoms with van der Waals surface area (Å²) in [6.07, 6.45) is 1.48. The Bertz CT molecular complexity index is 3680. The first kappa shape index (κ1) is 96.6. The van der Waals surface area contributed by atoms with Crippen molar-refractivity contribution < 1.29 is 40.9 Å². The van der Waals surface area contributed by atoms with Crippen molar-refractivity contribution >= 4 is 0 Å². The molecule has 0 saturated heterocycles. The molecule has 0 radical (unpaired) electrons. The van der Waals surface area contributed by atoms with E-state index in [0.29, 0.717) is 18.8 Å². The fourth-order valence-electron chi connectivity index (χ4n) is 10.5. The van der Waals surface area contributed by atoms with Crippen LogP contribution in [-0.4, -0.2) is 104 Å². The van der Waals surface area contributed by atoms with E-state index in [1.165, 1.54) is 22.3 Å². The minimum absolute atomic E-state index is 0.00398. The molecular formula is C91H130N10O8. The van der Waals surface area contributed by atoms with Gasteiger partial charge in [0.25, 0.3) is 0 Å². The summed E-state index contributed by atoms with van der Waals surface area (Å²) in [6, 6.07) is 92.5. The summed E-state index contributed by atoms with van der Waals surface area (Å²) in [5, 5.41) is 73.9. The third kappa shape index (κ3) is 38.6. The third-order valence-corrected chi connectivity index (χ3v) is 17.2. The smallest absolute Gasteiger partial charge is 0.130 e. The maximum absolute atomic E-state index is 11.6. The molecule has 10 aromatic carbocycles. The lowest BCUT2D eigenvalue weighted by Gasteiger charge is -2.35. The first-order valence-corrected chi connectivity index (χ1v) is 37.4. The zero-order chi connectivity index (χ0) is 81.1. The average Bonchev–Trinajstić information content (AvgIpc) is 1.33. The normalized spacial score (nSPS) is 15.3. The van der Waals surface area contributed by atoms with Crippen molar-refractivity contribution in [2.24, 2.45) is 63.3 Å². The zero-order valence-electron chi connectivity index (χ0n) is 65.3. The van der Waals surface area contributed by atoms with Crippen LogP contribution in [0.1, 0.15) is 170 Å². The lowest BCUT2D eigenvalue weighted by molar-refractivity contribution is 0.0516. The van der Waals surface area contributed by atoms with Crippen LogP contribution in [0.5, 0.6) is 0 Å². The van der Waals surface area contributed by atoms with Gasteiger partial charge in [0.2, 0.25) is 0 Å². The maximum Gasteiger partial charge on any atom is 0.130 e. The first-order valence-electron chi connectivity index (χ1n) is 37.4. The molecule has 1 aliphatic rings. The molecule has 18 nitrogen and oxygen atoms in total. The van der Waals surface area contributed by atoms with E-state index in [2.05, 4.69) is 45.0 Å². The van der Waals surface area contributed by atoms with Crippen LogP contribution in [0.2, 0.25) is 0 Å². The summed E-state index contributed by atoms with van der Waals surface area (Å²) in [5.41, 5.74) is 67.4. The summed E-state index contributed by atoms with van der Waals surface area (Å²) < 4.78 is 0. The van der Waals surface area contributed by atoms with Gasteiger partial charge in [-0.25, -0.2) is 0 Å². The van der Waals surface area contributed by atoms with Crippen molar-refractivity contribution in [3.05, 3.63) is 358 Å². The van der Waals surface area contributed by atoms with Gasteiger partial charge in [-0.05, 0) is 121 Å². The molecule has 0 aromatic heterocycles. The van der Waals surface area contributed by atoms with Crippen molar-refractivity contribution in [2.75, 3.05) is 26.4 Å². The van der Waals surface area contributed by atoms with Crippen molar-refractivity contribution in [2.45, 2.75) is 165 Å². The van der Waals surface area contributed by atoms with Crippen molar-refractivity contribution in [1.82, 2.24) is 0 Å². The maximum atomic E-state index is 11.6. The van der Waals surface area contributed by atoms with Crippen molar-refractivity contribution in [3.8, 4) is 0 Å². The monoisotopic (exact) mass is 1490 g/mol. The van der Waals surface area contributed by atoms with Crippen molar-refractivity contribution in [1.29, 1.82) is 0 Å². The molecule has 0 spiro atoms. The standard InChI is InChI=1S/C21H21NO.C14H15NO.C9H11NO.C9H13NO.C9H13N.C8H11NO.C8H11N.C6H15NO.C4H11NO.C3H9NO/c22-20(16-17-10-4-1-5-11-17)21(23,18-12-6-2-7-13-18)19-14-8-3-9-15-19;15-13(11-7-3-1-4-8-11)14(16)12-9-5-2-6-10-12;10-9-7-4-2-1-3-6(7)5-8(9)11;1-7(10)9(11)8-5-3-2-4-6-8;1-7-3-5-9(6-4-7)8(2)10;9-8(6-10)7-4-2-1-3-5-7;1-7(9)8-5-3-2-4-6-8;1-5(2)3-6(7)4-8;1-2-4(5)3-6;1-3(4)2-5/h1-15,20,23H,16,22H2;1-10,13-14,16H,15H2;1-4,8-9,11H,5,10H2;2-7,9,11H,10H2,1H3;3-6,8H,10H2,1-2H3;1-5,8,10H,6,9H2;2-7H,9H2,1H3;5-6,8H,3-4,7H2,1-2H3;4,6H,2-3,5H2,1H3;3,5H,2,4H2,1H3/t20-;13-,14+;8-,9+;7-,9+;2*8-;7-;6-;4-;3-/m1111000101/s1. The highest BCUT2D eigenvalue weighted by molar-refractivity contribution is 5.40. The van der Waals surface area contributed by atoms with Gasteiger partial charge < -0.3 is 98.2 Å². The molecule has 592 valence electrons. The van der Waals surface area contributed by atoms with E-state index < -0.39 is 23.9 Å². The SMILES string of the molecule is CC(C)C[C@@H](N)CO.CC[C@H](N)CO.C[C@@H](N)CO.C[C@@H](N)[C@H](O)c1ccccc1.C[C@H](N)c1ccccc1.Cc1ccc([C@H](C)N)cc1.N[C@@H](CO)c1ccccc1.N[C@H](Cc1ccccc1)C(O)(c1ccccc1)c1ccccc1.N[C@H](c1ccccc1)[C@@H](O)c1ccccc1.N[C@H]1c2ccccc2C[C@H]1O. The summed E-state index contributed by atoms with van der Waals surface area (Å²) in [7, 11) is 0. The highest BCUT2D eigenvalue weighted by Gasteiger charge is 2.38. The third-order valence-electron chi connectivity index (χ3n) is 17.2. The predicted molar refractivity (Wildman–Crippen MR) is 451 cm³/mol. The predicted octanol–water partition coefficient (Wildman–Crippen LogP) is 11.4. The molecule has 28 N–H and O–H groups in total. The molecule has 1 aliphatic carbocycles. The van der Waals surface area contributed by atoms with Gasteiger partial charge in [-0.1, -0.05) is 318 Å². The molecule has 0 saturated carbocycles. The summed E-state index contributed by atoms with van der Waals surface area (Å²) in [6.45, 7) is 16.0. The number of benzene rings is 10. The van der Waals surface area contributed by atoms with E-state index in [1.807, 2.05) is 288 Å². The van der Waals surface area contributed by atoms with Crippen LogP contribution in [0.3, 0.4) is 0 Å². The highest BCUT2D eigenvalue weighted by Crippen LogP contribution is 2.34. The van der Waals surface area contributed by atoms with Crippen molar-refractivity contribution in [3.63, 3.8) is 0 Å². The molecule has 0 amide bonds. The van der Waals surface area contributed by atoms with E-state index in [1.54, 1.807) is 13.8 Å². The van der Waals surface area contributed by atoms with Gasteiger partial charge >= 0.3 is 0 Å².